The lowest BCUT2D eigenvalue weighted by Crippen LogP contribution is -2.39. The maximum absolute atomic E-state index is 13.8. The lowest BCUT2D eigenvalue weighted by atomic mass is 9.96. The van der Waals surface area contributed by atoms with Crippen LogP contribution >= 0.6 is 11.3 Å². The summed E-state index contributed by atoms with van der Waals surface area (Å²) in [5.41, 5.74) is 3.38. The fraction of sp³-hybridized carbons (Fsp3) is 0.219. The summed E-state index contributed by atoms with van der Waals surface area (Å²) in [6.45, 7) is 6.70. The van der Waals surface area contributed by atoms with Gasteiger partial charge in [0.1, 0.15) is 18.1 Å². The van der Waals surface area contributed by atoms with Crippen LogP contribution in [0.25, 0.3) is 6.08 Å². The van der Waals surface area contributed by atoms with E-state index in [1.54, 1.807) is 18.4 Å². The van der Waals surface area contributed by atoms with Crippen LogP contribution in [-0.4, -0.2) is 23.8 Å². The molecule has 8 heteroatoms. The smallest absolute Gasteiger partial charge is 0.338 e. The van der Waals surface area contributed by atoms with E-state index in [0.29, 0.717) is 39.6 Å². The molecule has 0 radical (unpaired) electrons. The van der Waals surface area contributed by atoms with Crippen molar-refractivity contribution in [3.63, 3.8) is 0 Å². The van der Waals surface area contributed by atoms with E-state index >= 15 is 0 Å². The summed E-state index contributed by atoms with van der Waals surface area (Å²) in [7, 11) is 0. The first kappa shape index (κ1) is 27.1. The highest BCUT2D eigenvalue weighted by atomic mass is 32.1. The van der Waals surface area contributed by atoms with Crippen molar-refractivity contribution in [1.29, 1.82) is 0 Å². The second-order valence-electron chi connectivity index (χ2n) is 9.15. The molecule has 3 aromatic carbocycles. The van der Waals surface area contributed by atoms with E-state index in [4.69, 9.17) is 14.2 Å². The number of carbonyl (C=O) groups excluding carboxylic acids is 1. The number of aromatic nitrogens is 1. The van der Waals surface area contributed by atoms with Gasteiger partial charge in [-0.25, -0.2) is 9.79 Å². The molecule has 0 saturated carbocycles. The van der Waals surface area contributed by atoms with Crippen molar-refractivity contribution in [3.8, 4) is 11.5 Å². The first-order chi connectivity index (χ1) is 19.5. The molecule has 1 aliphatic heterocycles. The molecule has 0 aliphatic carbocycles. The van der Waals surface area contributed by atoms with E-state index in [1.807, 2.05) is 91.9 Å². The molecule has 0 bridgehead atoms. The molecule has 1 aliphatic rings. The molecular formula is C32H30N2O5S. The Morgan fingerprint density at radius 2 is 1.60 bits per heavy atom. The van der Waals surface area contributed by atoms with Gasteiger partial charge in [-0.2, -0.15) is 0 Å². The number of benzene rings is 3. The number of allylic oxidation sites excluding steroid dienone is 1. The maximum atomic E-state index is 13.8. The van der Waals surface area contributed by atoms with Crippen LogP contribution in [0, 0.1) is 0 Å². The van der Waals surface area contributed by atoms with E-state index in [9.17, 15) is 9.59 Å². The molecule has 40 heavy (non-hydrogen) atoms. The lowest BCUT2D eigenvalue weighted by Gasteiger charge is -2.24. The number of fused-ring (bicyclic) bond motifs is 1. The van der Waals surface area contributed by atoms with E-state index in [2.05, 4.69) is 4.99 Å². The zero-order valence-electron chi connectivity index (χ0n) is 22.6. The summed E-state index contributed by atoms with van der Waals surface area (Å²) < 4.78 is 19.0. The first-order valence-corrected chi connectivity index (χ1v) is 14.0. The van der Waals surface area contributed by atoms with E-state index in [-0.39, 0.29) is 12.2 Å². The van der Waals surface area contributed by atoms with Crippen molar-refractivity contribution in [2.45, 2.75) is 33.4 Å². The molecular weight excluding hydrogens is 524 g/mol. The Morgan fingerprint density at radius 3 is 2.27 bits per heavy atom. The molecule has 0 unspecified atom stereocenters. The van der Waals surface area contributed by atoms with Gasteiger partial charge in [-0.3, -0.25) is 9.36 Å². The Balaban J connectivity index is 1.50. The van der Waals surface area contributed by atoms with Crippen molar-refractivity contribution in [1.82, 2.24) is 4.57 Å². The summed E-state index contributed by atoms with van der Waals surface area (Å²) in [5, 5.41) is 0. The van der Waals surface area contributed by atoms with Crippen molar-refractivity contribution in [2.24, 2.45) is 4.99 Å². The van der Waals surface area contributed by atoms with Crippen LogP contribution in [0.2, 0.25) is 0 Å². The first-order valence-electron chi connectivity index (χ1n) is 13.2. The minimum absolute atomic E-state index is 0.221. The van der Waals surface area contributed by atoms with Gasteiger partial charge in [0.15, 0.2) is 4.80 Å². The van der Waals surface area contributed by atoms with Gasteiger partial charge < -0.3 is 14.2 Å². The van der Waals surface area contributed by atoms with Gasteiger partial charge in [0.2, 0.25) is 0 Å². The Bertz CT molecular complexity index is 1700. The Kier molecular flexibility index (Phi) is 8.26. The summed E-state index contributed by atoms with van der Waals surface area (Å²) in [6, 6.07) is 24.3. The molecule has 2 heterocycles. The Morgan fingerprint density at radius 1 is 0.925 bits per heavy atom. The Labute approximate surface area is 236 Å². The third-order valence-corrected chi connectivity index (χ3v) is 7.43. The molecule has 4 aromatic rings. The molecule has 7 nitrogen and oxygen atoms in total. The molecule has 0 spiro atoms. The Hall–Kier alpha value is -4.43. The van der Waals surface area contributed by atoms with Crippen LogP contribution < -0.4 is 24.4 Å². The highest BCUT2D eigenvalue weighted by Crippen LogP contribution is 2.31. The largest absolute Gasteiger partial charge is 0.494 e. The number of thiazole rings is 1. The summed E-state index contributed by atoms with van der Waals surface area (Å²) in [5.74, 6) is 0.976. The van der Waals surface area contributed by atoms with Crippen LogP contribution in [0.4, 0.5) is 0 Å². The van der Waals surface area contributed by atoms with E-state index in [1.165, 1.54) is 11.3 Å². The number of nitrogens with zero attached hydrogens (tertiary/aromatic N) is 2. The number of esters is 1. The highest BCUT2D eigenvalue weighted by molar-refractivity contribution is 7.07. The molecule has 0 saturated heterocycles. The predicted molar refractivity (Wildman–Crippen MR) is 155 cm³/mol. The van der Waals surface area contributed by atoms with Gasteiger partial charge in [-0.1, -0.05) is 65.9 Å². The van der Waals surface area contributed by atoms with E-state index in [0.717, 1.165) is 22.4 Å². The van der Waals surface area contributed by atoms with Gasteiger partial charge in [0.25, 0.3) is 5.56 Å². The van der Waals surface area contributed by atoms with E-state index < -0.39 is 12.0 Å². The average molecular weight is 555 g/mol. The average Bonchev–Trinajstić information content (AvgIpc) is 3.27. The standard InChI is InChI=1S/C32H30N2O5S/c1-4-37-25-17-13-24(14-18-25)29-28(31(36)38-5-2)21(3)33-32-34(29)30(35)27(40-32)19-22-11-15-26(16-12-22)39-20-23-9-7-6-8-10-23/h6-19,29H,4-5,20H2,1-3H3/t29-/m1/s1. The minimum Gasteiger partial charge on any atom is -0.494 e. The molecule has 5 rings (SSSR count). The quantitative estimate of drug-likeness (QED) is 0.279. The van der Waals surface area contributed by atoms with Gasteiger partial charge >= 0.3 is 5.97 Å². The van der Waals surface area contributed by atoms with Gasteiger partial charge in [0.05, 0.1) is 35.1 Å². The summed E-state index contributed by atoms with van der Waals surface area (Å²) in [4.78, 5) is 32.0. The fourth-order valence-electron chi connectivity index (χ4n) is 4.57. The van der Waals surface area contributed by atoms with Gasteiger partial charge in [-0.05, 0) is 67.8 Å². The highest BCUT2D eigenvalue weighted by Gasteiger charge is 2.33. The zero-order valence-corrected chi connectivity index (χ0v) is 23.4. The number of hydrogen-bond acceptors (Lipinski definition) is 7. The number of hydrogen-bond donors (Lipinski definition) is 0. The summed E-state index contributed by atoms with van der Waals surface area (Å²) >= 11 is 1.30. The molecule has 1 aromatic heterocycles. The molecule has 204 valence electrons. The lowest BCUT2D eigenvalue weighted by molar-refractivity contribution is -0.139. The van der Waals surface area contributed by atoms with Crippen molar-refractivity contribution in [3.05, 3.63) is 127 Å². The number of carbonyl (C=O) groups is 1. The second kappa shape index (κ2) is 12.2. The van der Waals surface area contributed by atoms with Crippen molar-refractivity contribution in [2.75, 3.05) is 13.2 Å². The predicted octanol–water partition coefficient (Wildman–Crippen LogP) is 4.78. The number of ether oxygens (including phenoxy) is 3. The maximum Gasteiger partial charge on any atom is 0.338 e. The normalized spacial score (nSPS) is 14.9. The van der Waals surface area contributed by atoms with Crippen LogP contribution in [0.15, 0.2) is 99.9 Å². The van der Waals surface area contributed by atoms with Gasteiger partial charge in [-0.15, -0.1) is 0 Å². The van der Waals surface area contributed by atoms with Crippen LogP contribution in [0.1, 0.15) is 43.5 Å². The molecule has 0 fully saturated rings. The fourth-order valence-corrected chi connectivity index (χ4v) is 5.62. The molecule has 0 amide bonds. The zero-order chi connectivity index (χ0) is 28.1. The third kappa shape index (κ3) is 5.77. The van der Waals surface area contributed by atoms with Gasteiger partial charge in [0, 0.05) is 0 Å². The number of rotatable bonds is 9. The molecule has 1 atom stereocenters. The van der Waals surface area contributed by atoms with Crippen molar-refractivity contribution < 1.29 is 19.0 Å². The topological polar surface area (TPSA) is 79.1 Å². The van der Waals surface area contributed by atoms with Crippen LogP contribution in [0.5, 0.6) is 11.5 Å². The third-order valence-electron chi connectivity index (χ3n) is 6.45. The van der Waals surface area contributed by atoms with Crippen LogP contribution in [0.3, 0.4) is 0 Å². The summed E-state index contributed by atoms with van der Waals surface area (Å²) in [6.07, 6.45) is 1.84. The SMILES string of the molecule is CCOC(=O)C1=C(C)N=c2sc(=Cc3ccc(OCc4ccccc4)cc3)c(=O)n2[C@@H]1c1ccc(OCC)cc1. The molecule has 0 N–H and O–H groups in total. The van der Waals surface area contributed by atoms with Crippen LogP contribution in [-0.2, 0) is 16.1 Å². The minimum atomic E-state index is -0.665. The van der Waals surface area contributed by atoms with Crippen molar-refractivity contribution >= 4 is 23.4 Å². The monoisotopic (exact) mass is 554 g/mol. The second-order valence-corrected chi connectivity index (χ2v) is 10.2.